The first-order valence-electron chi connectivity index (χ1n) is 7.43. The topological polar surface area (TPSA) is 59.6 Å². The maximum Gasteiger partial charge on any atom is 0.249 e. The minimum Gasteiger partial charge on any atom is -0.497 e. The van der Waals surface area contributed by atoms with Crippen molar-refractivity contribution in [2.75, 3.05) is 24.9 Å². The van der Waals surface area contributed by atoms with E-state index in [1.807, 2.05) is 50.2 Å². The van der Waals surface area contributed by atoms with E-state index in [1.54, 1.807) is 20.3 Å². The molecule has 0 saturated carbocycles. The van der Waals surface area contributed by atoms with Gasteiger partial charge in [0.05, 0.1) is 18.7 Å². The second-order valence-corrected chi connectivity index (χ2v) is 6.64. The Morgan fingerprint density at radius 3 is 2.46 bits per heavy atom. The average molecular weight is 393 g/mol. The molecule has 0 aliphatic heterocycles. The van der Waals surface area contributed by atoms with Gasteiger partial charge < -0.3 is 20.1 Å². The van der Waals surface area contributed by atoms with Crippen LogP contribution in [0.15, 0.2) is 46.9 Å². The van der Waals surface area contributed by atoms with Crippen LogP contribution in [0.3, 0.4) is 0 Å². The van der Waals surface area contributed by atoms with E-state index in [1.165, 1.54) is 0 Å². The molecule has 128 valence electrons. The zero-order chi connectivity index (χ0) is 17.7. The van der Waals surface area contributed by atoms with Gasteiger partial charge in [0, 0.05) is 23.5 Å². The van der Waals surface area contributed by atoms with Crippen molar-refractivity contribution < 1.29 is 14.3 Å². The van der Waals surface area contributed by atoms with E-state index in [4.69, 9.17) is 9.47 Å². The van der Waals surface area contributed by atoms with E-state index in [0.29, 0.717) is 11.4 Å². The summed E-state index contributed by atoms with van der Waals surface area (Å²) in [5, 5.41) is 6.12. The first-order valence-corrected chi connectivity index (χ1v) is 8.22. The lowest BCUT2D eigenvalue weighted by atomic mass is 10.0. The first kappa shape index (κ1) is 18.1. The van der Waals surface area contributed by atoms with Gasteiger partial charge in [0.25, 0.3) is 0 Å². The highest BCUT2D eigenvalue weighted by molar-refractivity contribution is 9.10. The molecule has 1 amide bonds. The van der Waals surface area contributed by atoms with Gasteiger partial charge in [0.2, 0.25) is 5.91 Å². The molecule has 0 atom stereocenters. The maximum absolute atomic E-state index is 12.6. The summed E-state index contributed by atoms with van der Waals surface area (Å²) >= 11 is 3.39. The molecule has 0 saturated heterocycles. The predicted molar refractivity (Wildman–Crippen MR) is 100 cm³/mol. The third-order valence-electron chi connectivity index (χ3n) is 3.50. The SMILES string of the molecule is COc1cccc(NC(C)(C)C(=O)Nc2ccc(Br)c(OC)c2)c1. The van der Waals surface area contributed by atoms with Gasteiger partial charge in [-0.2, -0.15) is 0 Å². The van der Waals surface area contributed by atoms with Crippen molar-refractivity contribution in [1.29, 1.82) is 0 Å². The van der Waals surface area contributed by atoms with Crippen LogP contribution in [0.5, 0.6) is 11.5 Å². The largest absolute Gasteiger partial charge is 0.497 e. The standard InChI is InChI=1S/C18H21BrN2O3/c1-18(2,21-13-6-5-7-14(10-13)23-3)17(22)20-12-8-9-15(19)16(11-12)24-4/h5-11,21H,1-4H3,(H,20,22). The number of carbonyl (C=O) groups is 1. The molecule has 0 aliphatic rings. The Balaban J connectivity index is 2.12. The van der Waals surface area contributed by atoms with Crippen LogP contribution in [0.2, 0.25) is 0 Å². The van der Waals surface area contributed by atoms with Gasteiger partial charge in [0.15, 0.2) is 0 Å². The number of hydrogen-bond acceptors (Lipinski definition) is 4. The Hall–Kier alpha value is -2.21. The Bertz CT molecular complexity index is 732. The predicted octanol–water partition coefficient (Wildman–Crippen LogP) is 4.30. The van der Waals surface area contributed by atoms with Crippen molar-refractivity contribution in [2.45, 2.75) is 19.4 Å². The number of hydrogen-bond donors (Lipinski definition) is 2. The summed E-state index contributed by atoms with van der Waals surface area (Å²) < 4.78 is 11.3. The van der Waals surface area contributed by atoms with E-state index in [0.717, 1.165) is 15.9 Å². The monoisotopic (exact) mass is 392 g/mol. The molecule has 0 bridgehead atoms. The molecule has 0 aliphatic carbocycles. The molecule has 2 N–H and O–H groups in total. The van der Waals surface area contributed by atoms with E-state index in [-0.39, 0.29) is 5.91 Å². The Morgan fingerprint density at radius 1 is 1.04 bits per heavy atom. The fourth-order valence-electron chi connectivity index (χ4n) is 2.14. The molecule has 2 rings (SSSR count). The first-order chi connectivity index (χ1) is 11.4. The van der Waals surface area contributed by atoms with Gasteiger partial charge in [-0.15, -0.1) is 0 Å². The summed E-state index contributed by atoms with van der Waals surface area (Å²) in [6.07, 6.45) is 0. The second-order valence-electron chi connectivity index (χ2n) is 5.79. The minimum absolute atomic E-state index is 0.158. The van der Waals surface area contributed by atoms with E-state index < -0.39 is 5.54 Å². The van der Waals surface area contributed by atoms with E-state index in [2.05, 4.69) is 26.6 Å². The highest BCUT2D eigenvalue weighted by Gasteiger charge is 2.27. The summed E-state index contributed by atoms with van der Waals surface area (Å²) in [7, 11) is 3.19. The summed E-state index contributed by atoms with van der Waals surface area (Å²) in [4.78, 5) is 12.6. The molecule has 24 heavy (non-hydrogen) atoms. The zero-order valence-corrected chi connectivity index (χ0v) is 15.7. The van der Waals surface area contributed by atoms with E-state index >= 15 is 0 Å². The van der Waals surface area contributed by atoms with E-state index in [9.17, 15) is 4.79 Å². The van der Waals surface area contributed by atoms with Crippen LogP contribution in [-0.4, -0.2) is 25.7 Å². The number of anilines is 2. The van der Waals surface area contributed by atoms with Crippen LogP contribution >= 0.6 is 15.9 Å². The molecular weight excluding hydrogens is 372 g/mol. The molecule has 2 aromatic rings. The van der Waals surface area contributed by atoms with Gasteiger partial charge in [-0.25, -0.2) is 0 Å². The van der Waals surface area contributed by atoms with Crippen LogP contribution in [0, 0.1) is 0 Å². The molecule has 6 heteroatoms. The molecule has 0 fully saturated rings. The molecule has 0 radical (unpaired) electrons. The van der Waals surface area contributed by atoms with Gasteiger partial charge in [-0.05, 0) is 54.0 Å². The summed E-state index contributed by atoms with van der Waals surface area (Å²) in [6.45, 7) is 3.63. The molecule has 0 aromatic heterocycles. The lowest BCUT2D eigenvalue weighted by Crippen LogP contribution is -2.44. The Morgan fingerprint density at radius 2 is 1.79 bits per heavy atom. The zero-order valence-electron chi connectivity index (χ0n) is 14.1. The van der Waals surface area contributed by atoms with Crippen molar-refractivity contribution in [3.05, 3.63) is 46.9 Å². The fraction of sp³-hybridized carbons (Fsp3) is 0.278. The van der Waals surface area contributed by atoms with Crippen LogP contribution < -0.4 is 20.1 Å². The van der Waals surface area contributed by atoms with Crippen LogP contribution in [0.25, 0.3) is 0 Å². The van der Waals surface area contributed by atoms with Crippen molar-refractivity contribution in [1.82, 2.24) is 0 Å². The average Bonchev–Trinajstić information content (AvgIpc) is 2.56. The van der Waals surface area contributed by atoms with Crippen LogP contribution in [0.1, 0.15) is 13.8 Å². The van der Waals surface area contributed by atoms with Crippen molar-refractivity contribution in [2.24, 2.45) is 0 Å². The molecule has 0 heterocycles. The number of amides is 1. The molecule has 5 nitrogen and oxygen atoms in total. The summed E-state index contributed by atoms with van der Waals surface area (Å²) in [5.74, 6) is 1.23. The second kappa shape index (κ2) is 7.57. The maximum atomic E-state index is 12.6. The quantitative estimate of drug-likeness (QED) is 0.769. The lowest BCUT2D eigenvalue weighted by molar-refractivity contribution is -0.119. The number of carbonyl (C=O) groups excluding carboxylic acids is 1. The van der Waals surface area contributed by atoms with Gasteiger partial charge in [0.1, 0.15) is 17.0 Å². The van der Waals surface area contributed by atoms with Gasteiger partial charge in [-0.3, -0.25) is 4.79 Å². The van der Waals surface area contributed by atoms with Gasteiger partial charge in [-0.1, -0.05) is 6.07 Å². The number of benzene rings is 2. The lowest BCUT2D eigenvalue weighted by Gasteiger charge is -2.26. The molecular formula is C18H21BrN2O3. The highest BCUT2D eigenvalue weighted by atomic mass is 79.9. The Labute approximate surface area is 150 Å². The summed E-state index contributed by atoms with van der Waals surface area (Å²) in [5.41, 5.74) is 0.663. The van der Waals surface area contributed by atoms with Crippen LogP contribution in [-0.2, 0) is 4.79 Å². The number of methoxy groups -OCH3 is 2. The fourth-order valence-corrected chi connectivity index (χ4v) is 2.55. The smallest absolute Gasteiger partial charge is 0.249 e. The normalized spacial score (nSPS) is 10.9. The minimum atomic E-state index is -0.813. The Kier molecular flexibility index (Phi) is 5.72. The molecule has 2 aromatic carbocycles. The summed E-state index contributed by atoms with van der Waals surface area (Å²) in [6, 6.07) is 12.9. The third-order valence-corrected chi connectivity index (χ3v) is 4.16. The number of nitrogens with one attached hydrogen (secondary N) is 2. The number of rotatable bonds is 6. The third kappa shape index (κ3) is 4.41. The van der Waals surface area contributed by atoms with Crippen LogP contribution in [0.4, 0.5) is 11.4 Å². The molecule has 0 spiro atoms. The van der Waals surface area contributed by atoms with Gasteiger partial charge >= 0.3 is 0 Å². The molecule has 0 unspecified atom stereocenters. The van der Waals surface area contributed by atoms with Crippen molar-refractivity contribution >= 4 is 33.2 Å². The number of ether oxygens (including phenoxy) is 2. The number of halogens is 1. The van der Waals surface area contributed by atoms with Crippen molar-refractivity contribution in [3.8, 4) is 11.5 Å². The van der Waals surface area contributed by atoms with Crippen molar-refractivity contribution in [3.63, 3.8) is 0 Å². The highest BCUT2D eigenvalue weighted by Crippen LogP contribution is 2.28.